The number of nitrogens with zero attached hydrogens (tertiary/aromatic N) is 3. The third kappa shape index (κ3) is 3.76. The highest BCUT2D eigenvalue weighted by Crippen LogP contribution is 2.44. The van der Waals surface area contributed by atoms with Gasteiger partial charge in [0.25, 0.3) is 5.91 Å². The van der Waals surface area contributed by atoms with Crippen molar-refractivity contribution in [2.75, 3.05) is 36.1 Å². The summed E-state index contributed by atoms with van der Waals surface area (Å²) in [6.45, 7) is 1.32. The molecule has 6 rings (SSSR count). The zero-order chi connectivity index (χ0) is 23.9. The fraction of sp³-hybridized carbons (Fsp3) is 0.320. The van der Waals surface area contributed by atoms with E-state index in [-0.39, 0.29) is 18.0 Å². The van der Waals surface area contributed by atoms with E-state index in [0.717, 1.165) is 42.9 Å². The Labute approximate surface area is 207 Å². The number of methoxy groups -OCH3 is 1. The maximum Gasteiger partial charge on any atom is 0.271 e. The number of fused-ring (bicyclic) bond motifs is 3. The molecule has 0 aliphatic carbocycles. The second-order valence-electron chi connectivity index (χ2n) is 8.92. The smallest absolute Gasteiger partial charge is 0.271 e. The number of amides is 1. The first-order valence-electron chi connectivity index (χ1n) is 11.8. The molecule has 1 aromatic carbocycles. The maximum atomic E-state index is 13.2. The fourth-order valence-electron chi connectivity index (χ4n) is 4.99. The van der Waals surface area contributed by atoms with E-state index >= 15 is 0 Å². The number of allylic oxidation sites excluding steroid dienone is 2. The second-order valence-corrected chi connectivity index (χ2v) is 9.32. The molecule has 0 spiro atoms. The minimum atomic E-state index is -0.175. The molecule has 9 nitrogen and oxygen atoms in total. The molecule has 2 atom stereocenters. The lowest BCUT2D eigenvalue weighted by molar-refractivity contribution is 0.0911. The summed E-state index contributed by atoms with van der Waals surface area (Å²) in [7, 11) is 1.57. The Morgan fingerprint density at radius 3 is 3.00 bits per heavy atom. The Kier molecular flexibility index (Phi) is 5.49. The van der Waals surface area contributed by atoms with Crippen LogP contribution in [0.25, 0.3) is 11.3 Å². The largest absolute Gasteiger partial charge is 0.493 e. The third-order valence-electron chi connectivity index (χ3n) is 6.73. The highest BCUT2D eigenvalue weighted by molar-refractivity contribution is 6.32. The average molecular weight is 492 g/mol. The van der Waals surface area contributed by atoms with Crippen molar-refractivity contribution in [2.24, 2.45) is 0 Å². The number of para-hydroxylation sites is 1. The van der Waals surface area contributed by atoms with E-state index in [1.165, 1.54) is 0 Å². The van der Waals surface area contributed by atoms with Gasteiger partial charge in [0.2, 0.25) is 0 Å². The normalized spacial score (nSPS) is 21.3. The summed E-state index contributed by atoms with van der Waals surface area (Å²) in [5, 5.41) is 19.1. The lowest BCUT2D eigenvalue weighted by atomic mass is 10.0. The Balaban J connectivity index is 1.59. The molecule has 3 aliphatic rings. The van der Waals surface area contributed by atoms with Crippen LogP contribution in [0.4, 0.5) is 22.9 Å². The zero-order valence-electron chi connectivity index (χ0n) is 19.3. The van der Waals surface area contributed by atoms with Crippen LogP contribution < -0.4 is 26.0 Å². The van der Waals surface area contributed by atoms with Gasteiger partial charge < -0.3 is 26.0 Å². The lowest BCUT2D eigenvalue weighted by Gasteiger charge is -2.29. The zero-order valence-corrected chi connectivity index (χ0v) is 20.0. The molecule has 4 N–H and O–H groups in total. The number of ether oxygens (including phenoxy) is 1. The lowest BCUT2D eigenvalue weighted by Crippen LogP contribution is -2.39. The summed E-state index contributed by atoms with van der Waals surface area (Å²) in [4.78, 5) is 17.7. The van der Waals surface area contributed by atoms with Gasteiger partial charge in [-0.15, -0.1) is 0 Å². The Bertz CT molecular complexity index is 1340. The molecule has 3 aliphatic heterocycles. The average Bonchev–Trinajstić information content (AvgIpc) is 3.24. The van der Waals surface area contributed by atoms with Gasteiger partial charge >= 0.3 is 0 Å². The number of benzene rings is 1. The first-order valence-corrected chi connectivity index (χ1v) is 12.2. The van der Waals surface area contributed by atoms with Crippen LogP contribution in [0.3, 0.4) is 0 Å². The van der Waals surface area contributed by atoms with Crippen LogP contribution in [0.1, 0.15) is 35.8 Å². The number of rotatable bonds is 3. The van der Waals surface area contributed by atoms with Crippen LogP contribution in [-0.2, 0) is 0 Å². The third-order valence-corrected chi connectivity index (χ3v) is 7.03. The molecule has 10 heteroatoms. The molecular formula is C25H26ClN7O2. The second kappa shape index (κ2) is 8.81. The van der Waals surface area contributed by atoms with Gasteiger partial charge in [-0.25, -0.2) is 4.98 Å². The van der Waals surface area contributed by atoms with Gasteiger partial charge in [-0.3, -0.25) is 9.48 Å². The van der Waals surface area contributed by atoms with Crippen LogP contribution in [0.15, 0.2) is 42.6 Å². The number of pyridine rings is 1. The molecule has 35 heavy (non-hydrogen) atoms. The number of halogens is 1. The SMILES string of the molecule is COc1c(Cl)cccc1Nc1c2nn3c1C(=O)NC[C@@H]3C/C=C\CC[C@H]1CNc3nccc-2c3N1. The summed E-state index contributed by atoms with van der Waals surface area (Å²) in [6.07, 6.45) is 8.92. The van der Waals surface area contributed by atoms with E-state index in [0.29, 0.717) is 40.1 Å². The van der Waals surface area contributed by atoms with E-state index < -0.39 is 0 Å². The van der Waals surface area contributed by atoms with Crippen molar-refractivity contribution in [1.82, 2.24) is 20.1 Å². The van der Waals surface area contributed by atoms with E-state index in [2.05, 4.69) is 38.4 Å². The predicted octanol–water partition coefficient (Wildman–Crippen LogP) is 4.58. The van der Waals surface area contributed by atoms with E-state index in [9.17, 15) is 4.79 Å². The number of aromatic nitrogens is 3. The van der Waals surface area contributed by atoms with E-state index in [1.54, 1.807) is 19.4 Å². The van der Waals surface area contributed by atoms with Gasteiger partial charge in [0, 0.05) is 30.9 Å². The molecule has 0 saturated carbocycles. The van der Waals surface area contributed by atoms with Crippen molar-refractivity contribution < 1.29 is 9.53 Å². The van der Waals surface area contributed by atoms with Gasteiger partial charge in [0.15, 0.2) is 11.4 Å². The number of hydrogen-bond acceptors (Lipinski definition) is 7. The van der Waals surface area contributed by atoms with E-state index in [4.69, 9.17) is 21.4 Å². The summed E-state index contributed by atoms with van der Waals surface area (Å²) in [5.74, 6) is 1.11. The van der Waals surface area contributed by atoms with Crippen molar-refractivity contribution in [3.8, 4) is 17.0 Å². The van der Waals surface area contributed by atoms with Gasteiger partial charge in [-0.1, -0.05) is 29.8 Å². The number of hydrogen-bond donors (Lipinski definition) is 4. The number of anilines is 4. The standard InChI is InChI=1S/C25H26ClN7O2/c1-35-23-17(26)8-5-9-18(23)31-21-19-16-10-11-27-24-20(16)30-14(12-28-24)6-3-2-4-7-15-13-29-25(34)22(21)33(15)32-19/h2,4-5,8-11,14-15,30-31H,3,6-7,12-13H2,1H3,(H,27,28)(H,29,34)/b4-2-/t14-,15-/m0/s1. The first-order chi connectivity index (χ1) is 17.1. The van der Waals surface area contributed by atoms with Crippen LogP contribution in [0.2, 0.25) is 5.02 Å². The molecule has 0 saturated heterocycles. The van der Waals surface area contributed by atoms with Gasteiger partial charge in [0.1, 0.15) is 11.5 Å². The van der Waals surface area contributed by atoms with Crippen molar-refractivity contribution in [3.63, 3.8) is 0 Å². The molecule has 180 valence electrons. The molecule has 2 aromatic heterocycles. The summed E-state index contributed by atoms with van der Waals surface area (Å²) in [6, 6.07) is 7.68. The van der Waals surface area contributed by atoms with Gasteiger partial charge in [-0.05, 0) is 37.5 Å². The quantitative estimate of drug-likeness (QED) is 0.397. The van der Waals surface area contributed by atoms with Crippen LogP contribution in [0.5, 0.6) is 5.75 Å². The fourth-order valence-corrected chi connectivity index (χ4v) is 5.25. The van der Waals surface area contributed by atoms with Crippen molar-refractivity contribution in [1.29, 1.82) is 0 Å². The first kappa shape index (κ1) is 21.8. The number of nitrogens with one attached hydrogen (secondary N) is 4. The molecule has 0 fully saturated rings. The maximum absolute atomic E-state index is 13.2. The van der Waals surface area contributed by atoms with Crippen LogP contribution in [0, 0.1) is 0 Å². The molecular weight excluding hydrogens is 466 g/mol. The minimum absolute atomic E-state index is 0.00651. The van der Waals surface area contributed by atoms with Crippen molar-refractivity contribution in [3.05, 3.63) is 53.3 Å². The summed E-state index contributed by atoms with van der Waals surface area (Å²) < 4.78 is 7.42. The Morgan fingerprint density at radius 1 is 1.20 bits per heavy atom. The van der Waals surface area contributed by atoms with Gasteiger partial charge in [-0.2, -0.15) is 5.10 Å². The van der Waals surface area contributed by atoms with Crippen molar-refractivity contribution >= 4 is 40.4 Å². The summed E-state index contributed by atoms with van der Waals surface area (Å²) in [5.41, 5.74) is 4.17. The Morgan fingerprint density at radius 2 is 2.11 bits per heavy atom. The van der Waals surface area contributed by atoms with E-state index in [1.807, 2.05) is 22.9 Å². The molecule has 0 radical (unpaired) electrons. The highest BCUT2D eigenvalue weighted by atomic mass is 35.5. The Hall–Kier alpha value is -3.72. The minimum Gasteiger partial charge on any atom is -0.493 e. The molecule has 5 heterocycles. The number of carbonyl (C=O) groups excluding carboxylic acids is 1. The summed E-state index contributed by atoms with van der Waals surface area (Å²) >= 11 is 6.40. The van der Waals surface area contributed by atoms with Crippen LogP contribution in [-0.4, -0.2) is 46.9 Å². The molecule has 0 unspecified atom stereocenters. The topological polar surface area (TPSA) is 105 Å². The highest BCUT2D eigenvalue weighted by Gasteiger charge is 2.34. The monoisotopic (exact) mass is 491 g/mol. The predicted molar refractivity (Wildman–Crippen MR) is 137 cm³/mol. The van der Waals surface area contributed by atoms with Crippen LogP contribution >= 0.6 is 11.6 Å². The number of carbonyl (C=O) groups is 1. The van der Waals surface area contributed by atoms with Crippen molar-refractivity contribution in [2.45, 2.75) is 31.3 Å². The molecule has 1 amide bonds. The van der Waals surface area contributed by atoms with Gasteiger partial charge in [0.05, 0.1) is 35.2 Å². The molecule has 4 bridgehead atoms. The molecule has 3 aromatic rings.